The number of aliphatic hydroxyl groups is 1. The van der Waals surface area contributed by atoms with Crippen LogP contribution in [0.2, 0.25) is 0 Å². The second kappa shape index (κ2) is 12.3. The highest BCUT2D eigenvalue weighted by atomic mass is 16.4. The number of hydrogen-bond acceptors (Lipinski definition) is 8. The number of rotatable bonds is 13. The number of amides is 4. The summed E-state index contributed by atoms with van der Waals surface area (Å²) in [7, 11) is 0. The molecule has 30 heavy (non-hydrogen) atoms. The van der Waals surface area contributed by atoms with Crippen LogP contribution in [0, 0.1) is 0 Å². The number of nitrogens with one attached hydrogen (secondary N) is 3. The second-order valence-electron chi connectivity index (χ2n) is 6.57. The van der Waals surface area contributed by atoms with Gasteiger partial charge in [0.05, 0.1) is 18.6 Å². The Labute approximate surface area is 171 Å². The molecule has 0 rings (SSSR count). The first-order valence-corrected chi connectivity index (χ1v) is 8.83. The summed E-state index contributed by atoms with van der Waals surface area (Å²) in [5.41, 5.74) is 10.6. The molecule has 0 fully saturated rings. The zero-order valence-electron chi connectivity index (χ0n) is 16.5. The van der Waals surface area contributed by atoms with Crippen LogP contribution in [0.1, 0.15) is 33.1 Å². The first-order valence-electron chi connectivity index (χ1n) is 8.83. The summed E-state index contributed by atoms with van der Waals surface area (Å²) in [6.07, 6.45) is -2.79. The molecule has 0 aromatic carbocycles. The summed E-state index contributed by atoms with van der Waals surface area (Å²) in [6.45, 7) is 2.31. The van der Waals surface area contributed by atoms with Gasteiger partial charge >= 0.3 is 11.9 Å². The predicted octanol–water partition coefficient (Wildman–Crippen LogP) is -4.01. The van der Waals surface area contributed by atoms with Crippen molar-refractivity contribution < 1.29 is 44.1 Å². The Morgan fingerprint density at radius 3 is 1.90 bits per heavy atom. The molecule has 4 amide bonds. The first kappa shape index (κ1) is 26.7. The van der Waals surface area contributed by atoms with E-state index in [4.69, 9.17) is 21.7 Å². The Morgan fingerprint density at radius 1 is 0.900 bits per heavy atom. The van der Waals surface area contributed by atoms with Crippen LogP contribution < -0.4 is 27.4 Å². The number of aliphatic carboxylic acids is 2. The lowest BCUT2D eigenvalue weighted by molar-refractivity contribution is -0.142. The molecule has 5 unspecified atom stereocenters. The maximum Gasteiger partial charge on any atom is 0.325 e. The van der Waals surface area contributed by atoms with Gasteiger partial charge in [0.25, 0.3) is 0 Å². The molecular formula is C16H27N5O9. The van der Waals surface area contributed by atoms with Crippen molar-refractivity contribution in [3.63, 3.8) is 0 Å². The van der Waals surface area contributed by atoms with Gasteiger partial charge in [0.2, 0.25) is 23.6 Å². The lowest BCUT2D eigenvalue weighted by Crippen LogP contribution is -2.60. The van der Waals surface area contributed by atoms with Gasteiger partial charge in [-0.3, -0.25) is 28.8 Å². The number of nitrogens with two attached hydrogens (primary N) is 2. The van der Waals surface area contributed by atoms with E-state index in [0.717, 1.165) is 13.8 Å². The standard InChI is InChI=1S/C16H27N5O9/c1-6(16(29)30)19-15(28)12(7(2)22)21-14(27)9(5-10(18)23)20-13(26)8(17)3-4-11(24)25/h6-9,12,22H,3-5,17H2,1-2H3,(H2,18,23)(H,19,28)(H,20,26)(H,21,27)(H,24,25)(H,29,30). The molecule has 14 nitrogen and oxygen atoms in total. The Kier molecular flexibility index (Phi) is 11.0. The zero-order valence-corrected chi connectivity index (χ0v) is 16.5. The van der Waals surface area contributed by atoms with Gasteiger partial charge in [0, 0.05) is 6.42 Å². The zero-order chi connectivity index (χ0) is 23.6. The molecule has 0 radical (unpaired) electrons. The van der Waals surface area contributed by atoms with Crippen molar-refractivity contribution in [2.45, 2.75) is 63.4 Å². The monoisotopic (exact) mass is 433 g/mol. The normalized spacial score (nSPS) is 15.6. The number of carbonyl (C=O) groups is 6. The van der Waals surface area contributed by atoms with E-state index in [0.29, 0.717) is 0 Å². The van der Waals surface area contributed by atoms with Gasteiger partial charge in [-0.25, -0.2) is 0 Å². The molecule has 5 atom stereocenters. The van der Waals surface area contributed by atoms with Crippen LogP contribution in [0.15, 0.2) is 0 Å². The molecule has 0 aliphatic carbocycles. The van der Waals surface area contributed by atoms with Crippen LogP contribution in [0.4, 0.5) is 0 Å². The van der Waals surface area contributed by atoms with E-state index in [9.17, 15) is 33.9 Å². The van der Waals surface area contributed by atoms with E-state index in [1.54, 1.807) is 0 Å². The number of carboxylic acids is 2. The van der Waals surface area contributed by atoms with Crippen LogP contribution >= 0.6 is 0 Å². The van der Waals surface area contributed by atoms with Gasteiger partial charge in [-0.15, -0.1) is 0 Å². The molecule has 0 aromatic heterocycles. The molecule has 0 saturated carbocycles. The molecule has 170 valence electrons. The van der Waals surface area contributed by atoms with E-state index < -0.39 is 78.7 Å². The number of hydrogen-bond donors (Lipinski definition) is 8. The van der Waals surface area contributed by atoms with Crippen molar-refractivity contribution in [1.29, 1.82) is 0 Å². The van der Waals surface area contributed by atoms with Crippen LogP contribution in [0.5, 0.6) is 0 Å². The van der Waals surface area contributed by atoms with Gasteiger partial charge in [-0.05, 0) is 20.3 Å². The molecule has 10 N–H and O–H groups in total. The molecule has 0 aliphatic heterocycles. The highest BCUT2D eigenvalue weighted by molar-refractivity contribution is 5.96. The van der Waals surface area contributed by atoms with Crippen molar-refractivity contribution in [3.8, 4) is 0 Å². The third-order valence-corrected chi connectivity index (χ3v) is 3.84. The molecule has 0 heterocycles. The maximum atomic E-state index is 12.5. The van der Waals surface area contributed by atoms with Crippen LogP contribution in [0.3, 0.4) is 0 Å². The molecule has 14 heteroatoms. The smallest absolute Gasteiger partial charge is 0.325 e. The van der Waals surface area contributed by atoms with E-state index in [1.165, 1.54) is 0 Å². The van der Waals surface area contributed by atoms with E-state index >= 15 is 0 Å². The Morgan fingerprint density at radius 2 is 1.47 bits per heavy atom. The average molecular weight is 433 g/mol. The Hall–Kier alpha value is -3.26. The lowest BCUT2D eigenvalue weighted by atomic mass is 10.1. The molecule has 0 saturated heterocycles. The highest BCUT2D eigenvalue weighted by Crippen LogP contribution is 2.01. The van der Waals surface area contributed by atoms with Crippen molar-refractivity contribution in [2.24, 2.45) is 11.5 Å². The van der Waals surface area contributed by atoms with E-state index in [2.05, 4.69) is 16.0 Å². The van der Waals surface area contributed by atoms with Gasteiger partial charge in [0.1, 0.15) is 18.1 Å². The molecule has 0 aromatic rings. The SMILES string of the molecule is CC(NC(=O)C(NC(=O)C(CC(N)=O)NC(=O)C(N)CCC(=O)O)C(C)O)C(=O)O. The van der Waals surface area contributed by atoms with E-state index in [1.807, 2.05) is 0 Å². The van der Waals surface area contributed by atoms with E-state index in [-0.39, 0.29) is 6.42 Å². The number of carbonyl (C=O) groups excluding carboxylic acids is 4. The third-order valence-electron chi connectivity index (χ3n) is 3.84. The van der Waals surface area contributed by atoms with Gasteiger partial charge in [-0.2, -0.15) is 0 Å². The molecule has 0 aliphatic rings. The second-order valence-corrected chi connectivity index (χ2v) is 6.57. The summed E-state index contributed by atoms with van der Waals surface area (Å²) in [6, 6.07) is -5.79. The average Bonchev–Trinajstić information content (AvgIpc) is 2.62. The third kappa shape index (κ3) is 9.79. The van der Waals surface area contributed by atoms with Crippen LogP contribution in [0.25, 0.3) is 0 Å². The van der Waals surface area contributed by atoms with Crippen LogP contribution in [-0.2, 0) is 28.8 Å². The minimum atomic E-state index is -1.60. The fourth-order valence-electron chi connectivity index (χ4n) is 2.12. The quantitative estimate of drug-likeness (QED) is 0.140. The van der Waals surface area contributed by atoms with Gasteiger partial charge in [-0.1, -0.05) is 0 Å². The Balaban J connectivity index is 5.27. The van der Waals surface area contributed by atoms with Gasteiger partial charge < -0.3 is 42.7 Å². The predicted molar refractivity (Wildman–Crippen MR) is 99.4 cm³/mol. The molecular weight excluding hydrogens is 406 g/mol. The van der Waals surface area contributed by atoms with Crippen molar-refractivity contribution in [2.75, 3.05) is 0 Å². The minimum absolute atomic E-state index is 0.238. The van der Waals surface area contributed by atoms with Crippen molar-refractivity contribution in [3.05, 3.63) is 0 Å². The van der Waals surface area contributed by atoms with Crippen LogP contribution in [-0.4, -0.2) is 81.2 Å². The number of aliphatic hydroxyl groups excluding tert-OH is 1. The Bertz CT molecular complexity index is 682. The fourth-order valence-corrected chi connectivity index (χ4v) is 2.12. The number of carboxylic acid groups (broad SMARTS) is 2. The van der Waals surface area contributed by atoms with Crippen molar-refractivity contribution in [1.82, 2.24) is 16.0 Å². The number of primary amides is 1. The van der Waals surface area contributed by atoms with Gasteiger partial charge in [0.15, 0.2) is 0 Å². The minimum Gasteiger partial charge on any atom is -0.481 e. The molecule has 0 bridgehead atoms. The summed E-state index contributed by atoms with van der Waals surface area (Å²) < 4.78 is 0. The first-order chi connectivity index (χ1) is 13.8. The fraction of sp³-hybridized carbons (Fsp3) is 0.625. The molecule has 0 spiro atoms. The highest BCUT2D eigenvalue weighted by Gasteiger charge is 2.32. The summed E-state index contributed by atoms with van der Waals surface area (Å²) in [5, 5.41) is 33.5. The summed E-state index contributed by atoms with van der Waals surface area (Å²) in [5.74, 6) is -6.55. The maximum absolute atomic E-state index is 12.5. The largest absolute Gasteiger partial charge is 0.481 e. The summed E-state index contributed by atoms with van der Waals surface area (Å²) in [4.78, 5) is 69.3. The summed E-state index contributed by atoms with van der Waals surface area (Å²) >= 11 is 0. The lowest BCUT2D eigenvalue weighted by Gasteiger charge is -2.25. The topological polar surface area (TPSA) is 251 Å². The van der Waals surface area contributed by atoms with Crippen molar-refractivity contribution >= 4 is 35.6 Å².